The van der Waals surface area contributed by atoms with E-state index < -0.39 is 5.97 Å². The van der Waals surface area contributed by atoms with Crippen molar-refractivity contribution in [1.82, 2.24) is 15.1 Å². The molecule has 2 aromatic rings. The number of aliphatic carboxylic acids is 1. The highest BCUT2D eigenvalue weighted by Gasteiger charge is 2.47. The first-order valence-corrected chi connectivity index (χ1v) is 16.6. The van der Waals surface area contributed by atoms with Gasteiger partial charge in [0.2, 0.25) is 0 Å². The summed E-state index contributed by atoms with van der Waals surface area (Å²) in [6, 6.07) is 13.6. The quantitative estimate of drug-likeness (QED) is 0.248. The van der Waals surface area contributed by atoms with E-state index in [-0.39, 0.29) is 36.0 Å². The van der Waals surface area contributed by atoms with Gasteiger partial charge in [-0.3, -0.25) is 19.5 Å². The third-order valence-electron chi connectivity index (χ3n) is 8.80. The van der Waals surface area contributed by atoms with Crippen molar-refractivity contribution in [2.45, 2.75) is 84.8 Å². The van der Waals surface area contributed by atoms with Crippen molar-refractivity contribution in [2.75, 3.05) is 32.7 Å². The topological polar surface area (TPSA) is 85.2 Å². The number of hydrogen-bond acceptors (Lipinski definition) is 5. The van der Waals surface area contributed by atoms with E-state index in [0.717, 1.165) is 62.2 Å². The van der Waals surface area contributed by atoms with Gasteiger partial charge in [-0.05, 0) is 91.4 Å². The van der Waals surface area contributed by atoms with E-state index in [0.29, 0.717) is 28.1 Å². The summed E-state index contributed by atoms with van der Waals surface area (Å²) < 4.78 is 0. The maximum absolute atomic E-state index is 12.7. The molecule has 4 rings (SSSR count). The third-order valence-corrected chi connectivity index (χ3v) is 9.24. The fourth-order valence-corrected chi connectivity index (χ4v) is 6.75. The number of likely N-dealkylation sites (tertiary alicyclic amines) is 1. The largest absolute Gasteiger partial charge is 0.481 e. The molecule has 2 N–H and O–H groups in total. The zero-order valence-electron chi connectivity index (χ0n) is 26.8. The predicted molar refractivity (Wildman–Crippen MR) is 180 cm³/mol. The van der Waals surface area contributed by atoms with E-state index in [2.05, 4.69) is 61.9 Å². The van der Waals surface area contributed by atoms with Gasteiger partial charge in [-0.2, -0.15) is 0 Å². The summed E-state index contributed by atoms with van der Waals surface area (Å²) in [6.07, 6.45) is 4.95. The molecule has 1 atom stereocenters. The summed E-state index contributed by atoms with van der Waals surface area (Å²) >= 11 is 12.9. The highest BCUT2D eigenvalue weighted by Crippen LogP contribution is 2.44. The van der Waals surface area contributed by atoms with Gasteiger partial charge in [-0.15, -0.1) is 0 Å². The Morgan fingerprint density at radius 3 is 2.23 bits per heavy atom. The lowest BCUT2D eigenvalue weighted by Gasteiger charge is -2.47. The molecule has 1 saturated heterocycles. The van der Waals surface area contributed by atoms with Gasteiger partial charge in [-0.1, -0.05) is 70.0 Å². The van der Waals surface area contributed by atoms with Crippen LogP contribution in [0.3, 0.4) is 0 Å². The Bertz CT molecular complexity index is 1310. The van der Waals surface area contributed by atoms with Crippen LogP contribution in [0, 0.1) is 11.3 Å². The molecular weight excluding hydrogens is 595 g/mol. The molecule has 44 heavy (non-hydrogen) atoms. The number of carboxylic acid groups (broad SMARTS) is 1. The molecule has 2 aromatic carbocycles. The monoisotopic (exact) mass is 642 g/mol. The minimum atomic E-state index is -0.936. The molecule has 0 unspecified atom stereocenters. The number of carbonyl (C=O) groups is 2. The maximum atomic E-state index is 12.7. The van der Waals surface area contributed by atoms with Crippen molar-refractivity contribution in [3.63, 3.8) is 0 Å². The summed E-state index contributed by atoms with van der Waals surface area (Å²) in [5, 5.41) is 12.8. The van der Waals surface area contributed by atoms with Crippen molar-refractivity contribution in [3.8, 4) is 0 Å². The van der Waals surface area contributed by atoms with E-state index in [1.807, 2.05) is 24.3 Å². The zero-order chi connectivity index (χ0) is 32.1. The van der Waals surface area contributed by atoms with Gasteiger partial charge in [0, 0.05) is 47.8 Å². The molecule has 240 valence electrons. The van der Waals surface area contributed by atoms with Crippen molar-refractivity contribution < 1.29 is 14.7 Å². The van der Waals surface area contributed by atoms with Crippen LogP contribution in [0.1, 0.15) is 101 Å². The maximum Gasteiger partial charge on any atom is 0.305 e. The van der Waals surface area contributed by atoms with Crippen LogP contribution in [-0.2, 0) is 4.79 Å². The number of rotatable bonds is 12. The molecule has 2 aliphatic rings. The zero-order valence-corrected chi connectivity index (χ0v) is 28.3. The Morgan fingerprint density at radius 2 is 1.66 bits per heavy atom. The van der Waals surface area contributed by atoms with E-state index in [1.54, 1.807) is 6.07 Å². The normalized spacial score (nSPS) is 18.0. The molecule has 0 aromatic heterocycles. The number of nitrogens with zero attached hydrogens (tertiary/aromatic N) is 3. The lowest BCUT2D eigenvalue weighted by molar-refractivity contribution is -0.136. The summed E-state index contributed by atoms with van der Waals surface area (Å²) in [6.45, 7) is 15.3. The molecule has 1 spiro atoms. The SMILES string of the molecule is CC(C)CCN1CCC2(CC1)N=C(c1cc(Cl)cc(Cl)c1)CN2[C@H](CCC(C)(C)C)c1ccc(C(=O)NCCC(=O)O)cc1. The number of halogens is 2. The van der Waals surface area contributed by atoms with Gasteiger partial charge in [0.05, 0.1) is 12.1 Å². The van der Waals surface area contributed by atoms with Gasteiger partial charge >= 0.3 is 5.97 Å². The van der Waals surface area contributed by atoms with Gasteiger partial charge < -0.3 is 15.3 Å². The summed E-state index contributed by atoms with van der Waals surface area (Å²) in [5.74, 6) is -0.525. The second kappa shape index (κ2) is 14.8. The number of benzene rings is 2. The molecule has 7 nitrogen and oxygen atoms in total. The fraction of sp³-hybridized carbons (Fsp3) is 0.571. The number of amides is 1. The van der Waals surface area contributed by atoms with Crippen LogP contribution in [0.5, 0.6) is 0 Å². The average Bonchev–Trinajstić information content (AvgIpc) is 3.30. The van der Waals surface area contributed by atoms with E-state index in [1.165, 1.54) is 6.42 Å². The van der Waals surface area contributed by atoms with Crippen LogP contribution in [0.25, 0.3) is 0 Å². The molecule has 0 radical (unpaired) electrons. The molecule has 1 amide bonds. The number of carbonyl (C=O) groups excluding carboxylic acids is 1. The highest BCUT2D eigenvalue weighted by atomic mass is 35.5. The van der Waals surface area contributed by atoms with Gasteiger partial charge in [0.15, 0.2) is 0 Å². The lowest BCUT2D eigenvalue weighted by atomic mass is 9.84. The van der Waals surface area contributed by atoms with Crippen LogP contribution in [-0.4, -0.2) is 70.9 Å². The van der Waals surface area contributed by atoms with Crippen LogP contribution in [0.4, 0.5) is 0 Å². The minimum absolute atomic E-state index is 0.0940. The molecule has 1 fully saturated rings. The molecule has 9 heteroatoms. The Kier molecular flexibility index (Phi) is 11.5. The molecule has 2 heterocycles. The first-order chi connectivity index (χ1) is 20.7. The van der Waals surface area contributed by atoms with Crippen molar-refractivity contribution in [3.05, 3.63) is 69.2 Å². The molecule has 0 aliphatic carbocycles. The fourth-order valence-electron chi connectivity index (χ4n) is 6.22. The molecule has 0 saturated carbocycles. The van der Waals surface area contributed by atoms with Gasteiger partial charge in [0.1, 0.15) is 5.66 Å². The average molecular weight is 644 g/mol. The van der Waals surface area contributed by atoms with Crippen LogP contribution in [0.2, 0.25) is 10.0 Å². The second-order valence-corrected chi connectivity index (χ2v) is 14.9. The second-order valence-electron chi connectivity index (χ2n) is 14.0. The Balaban J connectivity index is 1.66. The first-order valence-electron chi connectivity index (χ1n) is 15.9. The van der Waals surface area contributed by atoms with E-state index >= 15 is 0 Å². The smallest absolute Gasteiger partial charge is 0.305 e. The number of nitrogens with one attached hydrogen (secondary N) is 1. The van der Waals surface area contributed by atoms with Crippen molar-refractivity contribution in [2.24, 2.45) is 16.3 Å². The van der Waals surface area contributed by atoms with Crippen molar-refractivity contribution in [1.29, 1.82) is 0 Å². The van der Waals surface area contributed by atoms with Gasteiger partial charge in [0.25, 0.3) is 5.91 Å². The number of carboxylic acids is 1. The van der Waals surface area contributed by atoms with Crippen LogP contribution < -0.4 is 5.32 Å². The summed E-state index contributed by atoms with van der Waals surface area (Å²) in [5.41, 5.74) is 3.47. The Morgan fingerprint density at radius 1 is 1.02 bits per heavy atom. The van der Waals surface area contributed by atoms with Crippen molar-refractivity contribution >= 4 is 40.8 Å². The molecule has 2 aliphatic heterocycles. The number of piperidine rings is 1. The standard InChI is InChI=1S/C35H48Cl2N4O3/c1-24(2)12-17-40-18-14-35(15-19-40)39-30(27-20-28(36)22-29(37)21-27)23-41(35)31(10-13-34(3,4)5)25-6-8-26(9-7-25)33(44)38-16-11-32(42)43/h6-9,20-22,24,31H,10-19,23H2,1-5H3,(H,38,44)(H,42,43)/t31-/m1/s1. The lowest BCUT2D eigenvalue weighted by Crippen LogP contribution is -2.53. The van der Waals surface area contributed by atoms with E-state index in [9.17, 15) is 9.59 Å². The van der Waals surface area contributed by atoms with Crippen LogP contribution >= 0.6 is 23.2 Å². The summed E-state index contributed by atoms with van der Waals surface area (Å²) in [7, 11) is 0. The van der Waals surface area contributed by atoms with Crippen LogP contribution in [0.15, 0.2) is 47.5 Å². The molecular formula is C35H48Cl2N4O3. The summed E-state index contributed by atoms with van der Waals surface area (Å²) in [4.78, 5) is 34.2. The first kappa shape index (κ1) is 34.4. The Hall–Kier alpha value is -2.45. The third kappa shape index (κ3) is 9.29. The molecule has 0 bridgehead atoms. The van der Waals surface area contributed by atoms with Gasteiger partial charge in [-0.25, -0.2) is 0 Å². The minimum Gasteiger partial charge on any atom is -0.481 e. The Labute approximate surface area is 273 Å². The van der Waals surface area contributed by atoms with E-state index in [4.69, 9.17) is 33.3 Å². The number of aliphatic imine (C=N–C) groups is 1. The predicted octanol–water partition coefficient (Wildman–Crippen LogP) is 7.71. The highest BCUT2D eigenvalue weighted by molar-refractivity contribution is 6.35. The number of hydrogen-bond donors (Lipinski definition) is 2.